The topological polar surface area (TPSA) is 103 Å². The number of carbonyl (C=O) groups is 1. The fraction of sp³-hybridized carbons (Fsp3) is 0.308. The predicted molar refractivity (Wildman–Crippen MR) is 138 cm³/mol. The molecule has 0 radical (unpaired) electrons. The summed E-state index contributed by atoms with van der Waals surface area (Å²) in [6.07, 6.45) is -5.24. The first-order valence-corrected chi connectivity index (χ1v) is 12.5. The Labute approximate surface area is 225 Å². The lowest BCUT2D eigenvalue weighted by atomic mass is 10.0. The minimum Gasteiger partial charge on any atom is -0.489 e. The van der Waals surface area contributed by atoms with Crippen LogP contribution in [-0.2, 0) is 4.79 Å². The molecule has 1 fully saturated rings. The fourth-order valence-electron chi connectivity index (χ4n) is 4.19. The van der Waals surface area contributed by atoms with Crippen molar-refractivity contribution in [3.05, 3.63) is 47.5 Å². The van der Waals surface area contributed by atoms with Crippen LogP contribution in [-0.4, -0.2) is 59.6 Å². The second-order valence-electron chi connectivity index (χ2n) is 9.04. The molecule has 2 aromatic carbocycles. The molecule has 0 unspecified atom stereocenters. The van der Waals surface area contributed by atoms with Crippen LogP contribution >= 0.6 is 11.6 Å². The largest absolute Gasteiger partial charge is 0.491 e. The second kappa shape index (κ2) is 10.7. The number of fused-ring (bicyclic) bond motifs is 1. The Balaban J connectivity index is 1.57. The lowest BCUT2D eigenvalue weighted by molar-refractivity contribution is -0.189. The SMILES string of the molecule is CC(C)Oc1ccc(-c2nc(-c3cccc4c(N5CCNCC5)nc(OC(=O)C(F)(F)F)cc34)no2)cc1Cl. The first-order chi connectivity index (χ1) is 18.6. The molecule has 0 saturated carbocycles. The Morgan fingerprint density at radius 2 is 1.87 bits per heavy atom. The van der Waals surface area contributed by atoms with Crippen LogP contribution < -0.4 is 19.7 Å². The van der Waals surface area contributed by atoms with Gasteiger partial charge in [-0.2, -0.15) is 23.1 Å². The van der Waals surface area contributed by atoms with Crippen molar-refractivity contribution in [2.45, 2.75) is 26.1 Å². The Hall–Kier alpha value is -3.90. The molecule has 0 spiro atoms. The highest BCUT2D eigenvalue weighted by Gasteiger charge is 2.42. The molecule has 1 N–H and O–H groups in total. The minimum atomic E-state index is -5.18. The van der Waals surface area contributed by atoms with Crippen LogP contribution in [0.4, 0.5) is 19.0 Å². The molecule has 0 bridgehead atoms. The first-order valence-electron chi connectivity index (χ1n) is 12.1. The minimum absolute atomic E-state index is 0.0596. The van der Waals surface area contributed by atoms with E-state index >= 15 is 0 Å². The van der Waals surface area contributed by atoms with Gasteiger partial charge in [-0.15, -0.1) is 0 Å². The van der Waals surface area contributed by atoms with Crippen molar-refractivity contribution in [2.24, 2.45) is 0 Å². The summed E-state index contributed by atoms with van der Waals surface area (Å²) in [4.78, 5) is 22.3. The van der Waals surface area contributed by atoms with Gasteiger partial charge in [-0.1, -0.05) is 35.0 Å². The van der Waals surface area contributed by atoms with Gasteiger partial charge in [0.15, 0.2) is 0 Å². The van der Waals surface area contributed by atoms with Crippen molar-refractivity contribution in [3.63, 3.8) is 0 Å². The number of hydrogen-bond donors (Lipinski definition) is 1. The maximum absolute atomic E-state index is 13.0. The number of aromatic nitrogens is 3. The second-order valence-corrected chi connectivity index (χ2v) is 9.45. The summed E-state index contributed by atoms with van der Waals surface area (Å²) in [5.74, 6) is -1.58. The highest BCUT2D eigenvalue weighted by Crippen LogP contribution is 2.37. The van der Waals surface area contributed by atoms with E-state index in [2.05, 4.69) is 25.2 Å². The normalized spacial score (nSPS) is 14.2. The lowest BCUT2D eigenvalue weighted by Gasteiger charge is -2.29. The molecule has 1 aliphatic rings. The number of anilines is 1. The molecule has 13 heteroatoms. The van der Waals surface area contributed by atoms with E-state index in [0.717, 1.165) is 0 Å². The van der Waals surface area contributed by atoms with E-state index in [0.29, 0.717) is 64.7 Å². The van der Waals surface area contributed by atoms with Gasteiger partial charge in [0.25, 0.3) is 5.89 Å². The van der Waals surface area contributed by atoms with E-state index in [1.807, 2.05) is 18.7 Å². The Kier molecular flexibility index (Phi) is 7.32. The fourth-order valence-corrected chi connectivity index (χ4v) is 4.41. The number of hydrogen-bond acceptors (Lipinski definition) is 9. The molecular weight excluding hydrogens is 539 g/mol. The number of esters is 1. The third-order valence-electron chi connectivity index (χ3n) is 5.88. The zero-order valence-corrected chi connectivity index (χ0v) is 21.6. The van der Waals surface area contributed by atoms with Crippen molar-refractivity contribution in [1.29, 1.82) is 0 Å². The average molecular weight is 562 g/mol. The molecule has 1 aliphatic heterocycles. The van der Waals surface area contributed by atoms with Crippen molar-refractivity contribution in [2.75, 3.05) is 31.1 Å². The summed E-state index contributed by atoms with van der Waals surface area (Å²) in [5, 5.41) is 8.75. The Morgan fingerprint density at radius 3 is 2.56 bits per heavy atom. The summed E-state index contributed by atoms with van der Waals surface area (Å²) >= 11 is 6.36. The summed E-state index contributed by atoms with van der Waals surface area (Å²) in [5.41, 5.74) is 1.01. The van der Waals surface area contributed by atoms with E-state index in [4.69, 9.17) is 20.9 Å². The van der Waals surface area contributed by atoms with Crippen LogP contribution in [0.25, 0.3) is 33.6 Å². The van der Waals surface area contributed by atoms with Crippen LogP contribution in [0.1, 0.15) is 13.8 Å². The number of alkyl halides is 3. The number of halogens is 4. The van der Waals surface area contributed by atoms with E-state index in [1.54, 1.807) is 36.4 Å². The van der Waals surface area contributed by atoms with Gasteiger partial charge < -0.3 is 24.2 Å². The quantitative estimate of drug-likeness (QED) is 0.315. The predicted octanol–water partition coefficient (Wildman–Crippen LogP) is 5.27. The molecule has 4 aromatic rings. The summed E-state index contributed by atoms with van der Waals surface area (Å²) in [7, 11) is 0. The maximum atomic E-state index is 13.0. The number of pyridine rings is 1. The number of rotatable bonds is 6. The van der Waals surface area contributed by atoms with E-state index in [9.17, 15) is 18.0 Å². The molecule has 0 amide bonds. The van der Waals surface area contributed by atoms with Gasteiger partial charge in [-0.05, 0) is 32.0 Å². The smallest absolute Gasteiger partial charge is 0.489 e. The molecule has 0 aliphatic carbocycles. The Morgan fingerprint density at radius 1 is 1.10 bits per heavy atom. The summed E-state index contributed by atoms with van der Waals surface area (Å²) in [6.45, 7) is 6.22. The molecule has 204 valence electrons. The van der Waals surface area contributed by atoms with Crippen molar-refractivity contribution in [3.8, 4) is 34.5 Å². The molecule has 3 heterocycles. The van der Waals surface area contributed by atoms with Crippen molar-refractivity contribution in [1.82, 2.24) is 20.4 Å². The third-order valence-corrected chi connectivity index (χ3v) is 6.18. The standard InChI is InChI=1S/C26H23ClF3N5O4/c1-14(2)37-20-7-6-15(12-19(20)27)24-33-22(34-39-24)16-4-3-5-17-18(16)13-21(38-25(36)26(28,29)30)32-23(17)35-10-8-31-9-11-35/h3-7,12-14,31H,8-11H2,1-2H3. The van der Waals surface area contributed by atoms with Crippen LogP contribution in [0, 0.1) is 0 Å². The highest BCUT2D eigenvalue weighted by molar-refractivity contribution is 6.32. The molecule has 39 heavy (non-hydrogen) atoms. The van der Waals surface area contributed by atoms with Crippen LogP contribution in [0.2, 0.25) is 5.02 Å². The molecular formula is C26H23ClF3N5O4. The third kappa shape index (κ3) is 5.76. The van der Waals surface area contributed by atoms with Crippen molar-refractivity contribution >= 4 is 34.2 Å². The molecule has 1 saturated heterocycles. The monoisotopic (exact) mass is 561 g/mol. The van der Waals surface area contributed by atoms with Gasteiger partial charge in [0.05, 0.1) is 11.1 Å². The number of benzene rings is 2. The van der Waals surface area contributed by atoms with Gasteiger partial charge >= 0.3 is 12.1 Å². The highest BCUT2D eigenvalue weighted by atomic mass is 35.5. The Bertz CT molecular complexity index is 1520. The van der Waals surface area contributed by atoms with E-state index in [-0.39, 0.29) is 17.8 Å². The summed E-state index contributed by atoms with van der Waals surface area (Å²) in [6, 6.07) is 11.6. The van der Waals surface area contributed by atoms with E-state index < -0.39 is 18.0 Å². The first kappa shape index (κ1) is 26.7. The zero-order chi connectivity index (χ0) is 27.7. The zero-order valence-electron chi connectivity index (χ0n) is 20.9. The molecule has 2 aromatic heterocycles. The number of nitrogens with zero attached hydrogens (tertiary/aromatic N) is 4. The van der Waals surface area contributed by atoms with Gasteiger partial charge in [0.1, 0.15) is 11.6 Å². The van der Waals surface area contributed by atoms with Gasteiger partial charge in [0.2, 0.25) is 11.7 Å². The van der Waals surface area contributed by atoms with Crippen LogP contribution in [0.5, 0.6) is 11.6 Å². The van der Waals surface area contributed by atoms with Gasteiger partial charge in [0, 0.05) is 54.1 Å². The maximum Gasteiger partial charge on any atom is 0.491 e. The average Bonchev–Trinajstić information content (AvgIpc) is 3.39. The van der Waals surface area contributed by atoms with Crippen molar-refractivity contribution < 1.29 is 32.0 Å². The van der Waals surface area contributed by atoms with Crippen LogP contribution in [0.3, 0.4) is 0 Å². The van der Waals surface area contributed by atoms with Gasteiger partial charge in [-0.3, -0.25) is 0 Å². The number of piperazine rings is 1. The number of nitrogens with one attached hydrogen (secondary N) is 1. The molecule has 5 rings (SSSR count). The molecule has 0 atom stereocenters. The lowest BCUT2D eigenvalue weighted by Crippen LogP contribution is -2.44. The van der Waals surface area contributed by atoms with Gasteiger partial charge in [-0.25, -0.2) is 4.79 Å². The van der Waals surface area contributed by atoms with E-state index in [1.165, 1.54) is 6.07 Å². The van der Waals surface area contributed by atoms with Crippen LogP contribution in [0.15, 0.2) is 47.0 Å². The summed E-state index contributed by atoms with van der Waals surface area (Å²) < 4.78 is 54.6. The number of ether oxygens (including phenoxy) is 2. The number of carbonyl (C=O) groups excluding carboxylic acids is 1. The molecule has 9 nitrogen and oxygen atoms in total.